The van der Waals surface area contributed by atoms with Crippen molar-refractivity contribution in [3.05, 3.63) is 53.6 Å². The summed E-state index contributed by atoms with van der Waals surface area (Å²) in [7, 11) is 1.99. The lowest BCUT2D eigenvalue weighted by Gasteiger charge is -2.33. The van der Waals surface area contributed by atoms with Gasteiger partial charge in [-0.3, -0.25) is 14.7 Å². The molecule has 22 heavy (non-hydrogen) atoms. The zero-order chi connectivity index (χ0) is 15.5. The number of morpholine rings is 1. The molecule has 1 saturated heterocycles. The van der Waals surface area contributed by atoms with Gasteiger partial charge in [0.15, 0.2) is 5.78 Å². The highest BCUT2D eigenvalue weighted by atomic mass is 16.5. The van der Waals surface area contributed by atoms with Gasteiger partial charge in [-0.1, -0.05) is 6.07 Å². The fraction of sp³-hybridized carbons (Fsp3) is 0.412. The van der Waals surface area contributed by atoms with Gasteiger partial charge in [0.1, 0.15) is 0 Å². The van der Waals surface area contributed by atoms with Gasteiger partial charge in [0.2, 0.25) is 0 Å². The average molecular weight is 299 g/mol. The van der Waals surface area contributed by atoms with Crippen molar-refractivity contribution in [2.45, 2.75) is 19.6 Å². The Bertz CT molecular complexity index is 651. The van der Waals surface area contributed by atoms with E-state index in [-0.39, 0.29) is 11.9 Å². The highest BCUT2D eigenvalue weighted by Gasteiger charge is 2.23. The largest absolute Gasteiger partial charge is 0.371 e. The molecule has 1 atom stereocenters. The van der Waals surface area contributed by atoms with E-state index in [4.69, 9.17) is 4.74 Å². The Hall–Kier alpha value is -1.98. The molecule has 3 rings (SSSR count). The molecule has 0 amide bonds. The summed E-state index contributed by atoms with van der Waals surface area (Å²) < 4.78 is 7.90. The van der Waals surface area contributed by atoms with Crippen LogP contribution >= 0.6 is 0 Å². The van der Waals surface area contributed by atoms with Gasteiger partial charge in [0, 0.05) is 62.1 Å². The van der Waals surface area contributed by atoms with Crippen molar-refractivity contribution in [2.24, 2.45) is 7.05 Å². The molecule has 1 aliphatic rings. The summed E-state index contributed by atoms with van der Waals surface area (Å²) in [4.78, 5) is 18.0. The van der Waals surface area contributed by atoms with Gasteiger partial charge < -0.3 is 9.30 Å². The standard InChI is InChI=1S/C17H21N3O2/c1-13(21)15-8-16(19(2)10-15)11-20-6-7-22-17(12-20)14-4-3-5-18-9-14/h3-5,8-10,17H,6-7,11-12H2,1-2H3. The van der Waals surface area contributed by atoms with Crippen molar-refractivity contribution in [3.8, 4) is 0 Å². The monoisotopic (exact) mass is 299 g/mol. The molecular weight excluding hydrogens is 278 g/mol. The number of Topliss-reactive ketones (excluding diaryl/α,β-unsaturated/α-hetero) is 1. The summed E-state index contributed by atoms with van der Waals surface area (Å²) in [6, 6.07) is 5.97. The highest BCUT2D eigenvalue weighted by molar-refractivity contribution is 5.94. The van der Waals surface area contributed by atoms with Gasteiger partial charge in [-0.2, -0.15) is 0 Å². The zero-order valence-electron chi connectivity index (χ0n) is 13.0. The van der Waals surface area contributed by atoms with E-state index in [1.807, 2.05) is 36.1 Å². The Morgan fingerprint density at radius 1 is 1.50 bits per heavy atom. The van der Waals surface area contributed by atoms with Crippen LogP contribution in [-0.4, -0.2) is 39.9 Å². The number of nitrogens with zero attached hydrogens (tertiary/aromatic N) is 3. The molecule has 2 aromatic rings. The predicted molar refractivity (Wildman–Crippen MR) is 83.6 cm³/mol. The summed E-state index contributed by atoms with van der Waals surface area (Å²) in [5.74, 6) is 0.108. The van der Waals surface area contributed by atoms with Crippen molar-refractivity contribution >= 4 is 5.78 Å². The molecule has 1 fully saturated rings. The van der Waals surface area contributed by atoms with Crippen molar-refractivity contribution in [1.82, 2.24) is 14.5 Å². The molecule has 3 heterocycles. The topological polar surface area (TPSA) is 47.4 Å². The van der Waals surface area contributed by atoms with Crippen LogP contribution in [0.1, 0.15) is 34.6 Å². The normalized spacial score (nSPS) is 19.3. The van der Waals surface area contributed by atoms with Crippen molar-refractivity contribution in [1.29, 1.82) is 0 Å². The molecular formula is C17H21N3O2. The third-order valence-electron chi connectivity index (χ3n) is 4.11. The minimum Gasteiger partial charge on any atom is -0.371 e. The van der Waals surface area contributed by atoms with Crippen LogP contribution in [-0.2, 0) is 18.3 Å². The Morgan fingerprint density at radius 3 is 3.05 bits per heavy atom. The third kappa shape index (κ3) is 3.26. The first kappa shape index (κ1) is 14.9. The summed E-state index contributed by atoms with van der Waals surface area (Å²) >= 11 is 0. The molecule has 5 nitrogen and oxygen atoms in total. The number of ether oxygens (including phenoxy) is 1. The van der Waals surface area contributed by atoms with E-state index in [0.717, 1.165) is 36.5 Å². The van der Waals surface area contributed by atoms with E-state index < -0.39 is 0 Å². The van der Waals surface area contributed by atoms with E-state index >= 15 is 0 Å². The lowest BCUT2D eigenvalue weighted by molar-refractivity contribution is -0.0336. The summed E-state index contributed by atoms with van der Waals surface area (Å²) in [5.41, 5.74) is 3.04. The molecule has 1 aliphatic heterocycles. The van der Waals surface area contributed by atoms with Crippen LogP contribution in [0.25, 0.3) is 0 Å². The summed E-state index contributed by atoms with van der Waals surface area (Å²) in [6.07, 6.45) is 5.61. The number of ketones is 1. The maximum atomic E-state index is 11.5. The lowest BCUT2D eigenvalue weighted by Crippen LogP contribution is -2.38. The van der Waals surface area contributed by atoms with Crippen LogP contribution in [0.3, 0.4) is 0 Å². The number of aryl methyl sites for hydroxylation is 1. The highest BCUT2D eigenvalue weighted by Crippen LogP contribution is 2.22. The van der Waals surface area contributed by atoms with Gasteiger partial charge in [-0.15, -0.1) is 0 Å². The average Bonchev–Trinajstić information content (AvgIpc) is 2.90. The number of pyridine rings is 1. The summed E-state index contributed by atoms with van der Waals surface area (Å²) in [6.45, 7) is 4.88. The van der Waals surface area contributed by atoms with E-state index in [1.165, 1.54) is 0 Å². The maximum Gasteiger partial charge on any atom is 0.161 e. The first-order valence-electron chi connectivity index (χ1n) is 7.53. The number of rotatable bonds is 4. The van der Waals surface area contributed by atoms with Crippen LogP contribution in [0.2, 0.25) is 0 Å². The lowest BCUT2D eigenvalue weighted by atomic mass is 10.1. The smallest absolute Gasteiger partial charge is 0.161 e. The quantitative estimate of drug-likeness (QED) is 0.812. The van der Waals surface area contributed by atoms with E-state index in [0.29, 0.717) is 6.61 Å². The third-order valence-corrected chi connectivity index (χ3v) is 4.11. The van der Waals surface area contributed by atoms with Crippen molar-refractivity contribution < 1.29 is 9.53 Å². The fourth-order valence-electron chi connectivity index (χ4n) is 2.80. The Kier molecular flexibility index (Phi) is 4.36. The molecule has 0 saturated carbocycles. The minimum absolute atomic E-state index is 0.0648. The molecule has 116 valence electrons. The zero-order valence-corrected chi connectivity index (χ0v) is 13.0. The minimum atomic E-state index is 0.0648. The Morgan fingerprint density at radius 2 is 2.36 bits per heavy atom. The van der Waals surface area contributed by atoms with Gasteiger partial charge in [0.25, 0.3) is 0 Å². The Labute approximate surface area is 130 Å². The second-order valence-corrected chi connectivity index (χ2v) is 5.77. The van der Waals surface area contributed by atoms with Crippen molar-refractivity contribution in [2.75, 3.05) is 19.7 Å². The van der Waals surface area contributed by atoms with Crippen LogP contribution in [0.5, 0.6) is 0 Å². The molecule has 0 aromatic carbocycles. The van der Waals surface area contributed by atoms with Gasteiger partial charge in [-0.05, 0) is 19.1 Å². The molecule has 0 N–H and O–H groups in total. The number of hydrogen-bond acceptors (Lipinski definition) is 4. The van der Waals surface area contributed by atoms with Gasteiger partial charge >= 0.3 is 0 Å². The number of carbonyl (C=O) groups is 1. The van der Waals surface area contributed by atoms with Crippen LogP contribution in [0.4, 0.5) is 0 Å². The number of carbonyl (C=O) groups excluding carboxylic acids is 1. The number of aromatic nitrogens is 2. The summed E-state index contributed by atoms with van der Waals surface area (Å²) in [5, 5.41) is 0. The van der Waals surface area contributed by atoms with Crippen molar-refractivity contribution in [3.63, 3.8) is 0 Å². The fourth-order valence-corrected chi connectivity index (χ4v) is 2.80. The first-order chi connectivity index (χ1) is 10.6. The predicted octanol–water partition coefficient (Wildman–Crippen LogP) is 2.20. The van der Waals surface area contributed by atoms with Crippen LogP contribution in [0, 0.1) is 0 Å². The molecule has 0 spiro atoms. The second kappa shape index (κ2) is 6.42. The molecule has 2 aromatic heterocycles. The Balaban J connectivity index is 1.69. The SMILES string of the molecule is CC(=O)c1cc(CN2CCOC(c3cccnc3)C2)n(C)c1. The van der Waals surface area contributed by atoms with Crippen LogP contribution in [0.15, 0.2) is 36.8 Å². The maximum absolute atomic E-state index is 11.5. The van der Waals surface area contributed by atoms with E-state index in [1.54, 1.807) is 13.1 Å². The molecule has 0 aliphatic carbocycles. The number of hydrogen-bond donors (Lipinski definition) is 0. The van der Waals surface area contributed by atoms with Crippen LogP contribution < -0.4 is 0 Å². The molecule has 5 heteroatoms. The molecule has 0 bridgehead atoms. The molecule has 0 radical (unpaired) electrons. The van der Waals surface area contributed by atoms with E-state index in [9.17, 15) is 4.79 Å². The molecule has 1 unspecified atom stereocenters. The van der Waals surface area contributed by atoms with Gasteiger partial charge in [0.05, 0.1) is 12.7 Å². The van der Waals surface area contributed by atoms with E-state index in [2.05, 4.69) is 16.0 Å². The second-order valence-electron chi connectivity index (χ2n) is 5.77. The first-order valence-corrected chi connectivity index (χ1v) is 7.53. The van der Waals surface area contributed by atoms with Gasteiger partial charge in [-0.25, -0.2) is 0 Å².